The van der Waals surface area contributed by atoms with Crippen molar-refractivity contribution >= 4 is 17.6 Å². The molecule has 248 valence electrons. The number of oxazole rings is 1. The minimum Gasteiger partial charge on any atom is -0.495 e. The van der Waals surface area contributed by atoms with E-state index in [9.17, 15) is 14.9 Å². The van der Waals surface area contributed by atoms with E-state index in [1.54, 1.807) is 19.6 Å². The Morgan fingerprint density at radius 1 is 1.02 bits per heavy atom. The lowest BCUT2D eigenvalue weighted by atomic mass is 9.77. The predicted octanol–water partition coefficient (Wildman–Crippen LogP) is 6.11. The van der Waals surface area contributed by atoms with Gasteiger partial charge in [-0.3, -0.25) is 14.5 Å². The summed E-state index contributed by atoms with van der Waals surface area (Å²) in [6, 6.07) is 12.1. The maximum atomic E-state index is 14.3. The summed E-state index contributed by atoms with van der Waals surface area (Å²) in [6.07, 6.45) is 13.2. The first-order chi connectivity index (χ1) is 22.9. The molecule has 2 heterocycles. The van der Waals surface area contributed by atoms with Crippen molar-refractivity contribution in [3.05, 3.63) is 59.8 Å². The summed E-state index contributed by atoms with van der Waals surface area (Å²) in [5, 5.41) is 21.3. The summed E-state index contributed by atoms with van der Waals surface area (Å²) >= 11 is 0. The number of hydrogen-bond donors (Lipinski definition) is 2. The van der Waals surface area contributed by atoms with Gasteiger partial charge in [0, 0.05) is 43.1 Å². The molecule has 3 aromatic rings. The van der Waals surface area contributed by atoms with Crippen molar-refractivity contribution < 1.29 is 23.8 Å². The Hall–Kier alpha value is -4.23. The van der Waals surface area contributed by atoms with Crippen molar-refractivity contribution in [2.24, 2.45) is 17.8 Å². The number of pyridine rings is 1. The Bertz CT molecular complexity index is 1580. The van der Waals surface area contributed by atoms with Crippen LogP contribution in [0.3, 0.4) is 0 Å². The van der Waals surface area contributed by atoms with Crippen LogP contribution in [0.5, 0.6) is 5.75 Å². The number of aliphatic hydroxyl groups excluding tert-OH is 1. The van der Waals surface area contributed by atoms with Crippen molar-refractivity contribution in [3.63, 3.8) is 0 Å². The first-order valence-electron chi connectivity index (χ1n) is 17.1. The number of nitrogens with zero attached hydrogens (tertiary/aromatic N) is 4. The molecule has 0 bridgehead atoms. The molecule has 47 heavy (non-hydrogen) atoms. The summed E-state index contributed by atoms with van der Waals surface area (Å²) < 4.78 is 11.1. The summed E-state index contributed by atoms with van der Waals surface area (Å²) in [7, 11) is 1.58. The van der Waals surface area contributed by atoms with Gasteiger partial charge in [-0.2, -0.15) is 5.26 Å². The SMILES string of the molecule is COc1ccc(C2CCC(CN(C(=O)C3CCC(CC(=O)NCCO)CC3)c3cc(-c4coc(C5CC5)n4)ccn3)CC2)cc1C#N. The maximum absolute atomic E-state index is 14.3. The summed E-state index contributed by atoms with van der Waals surface area (Å²) in [6.45, 7) is 0.804. The van der Waals surface area contributed by atoms with Gasteiger partial charge in [0.15, 0.2) is 5.89 Å². The van der Waals surface area contributed by atoms with E-state index < -0.39 is 0 Å². The van der Waals surface area contributed by atoms with Crippen LogP contribution in [0.4, 0.5) is 5.82 Å². The second-order valence-electron chi connectivity index (χ2n) is 13.5. The van der Waals surface area contributed by atoms with Crippen LogP contribution in [0, 0.1) is 29.1 Å². The number of methoxy groups -OCH3 is 1. The second kappa shape index (κ2) is 15.1. The zero-order valence-corrected chi connectivity index (χ0v) is 27.2. The number of carbonyl (C=O) groups is 2. The third-order valence-corrected chi connectivity index (χ3v) is 10.2. The molecule has 3 saturated carbocycles. The van der Waals surface area contributed by atoms with E-state index in [0.717, 1.165) is 81.4 Å². The number of aliphatic hydroxyl groups is 1. The molecule has 6 rings (SSSR count). The molecule has 0 unspecified atom stereocenters. The third kappa shape index (κ3) is 8.02. The molecule has 10 nitrogen and oxygen atoms in total. The van der Waals surface area contributed by atoms with Gasteiger partial charge in [0.25, 0.3) is 0 Å². The zero-order chi connectivity index (χ0) is 32.8. The molecule has 3 aliphatic rings. The molecule has 0 spiro atoms. The molecular weight excluding hydrogens is 594 g/mol. The first-order valence-corrected chi connectivity index (χ1v) is 17.1. The van der Waals surface area contributed by atoms with Gasteiger partial charge in [0.2, 0.25) is 11.8 Å². The van der Waals surface area contributed by atoms with Crippen LogP contribution in [0.1, 0.15) is 99.5 Å². The molecule has 3 fully saturated rings. The Labute approximate surface area is 276 Å². The Kier molecular flexibility index (Phi) is 10.5. The normalized spacial score (nSPS) is 22.7. The molecular formula is C37H45N5O5. The lowest BCUT2D eigenvalue weighted by molar-refractivity contribution is -0.124. The number of benzene rings is 1. The quantitative estimate of drug-likeness (QED) is 0.242. The van der Waals surface area contributed by atoms with Gasteiger partial charge in [0.05, 0.1) is 19.3 Å². The minimum absolute atomic E-state index is 0.0387. The molecule has 0 aliphatic heterocycles. The van der Waals surface area contributed by atoms with E-state index in [1.165, 1.54) is 5.56 Å². The Morgan fingerprint density at radius 2 is 1.77 bits per heavy atom. The van der Waals surface area contributed by atoms with Gasteiger partial charge >= 0.3 is 0 Å². The molecule has 2 N–H and O–H groups in total. The molecule has 2 aromatic heterocycles. The van der Waals surface area contributed by atoms with Crippen molar-refractivity contribution in [1.29, 1.82) is 5.26 Å². The van der Waals surface area contributed by atoms with Crippen LogP contribution in [-0.2, 0) is 9.59 Å². The monoisotopic (exact) mass is 639 g/mol. The topological polar surface area (TPSA) is 142 Å². The number of nitrogens with one attached hydrogen (secondary N) is 1. The summed E-state index contributed by atoms with van der Waals surface area (Å²) in [5.41, 5.74) is 3.38. The van der Waals surface area contributed by atoms with E-state index in [4.69, 9.17) is 24.2 Å². The van der Waals surface area contributed by atoms with E-state index in [0.29, 0.717) is 47.9 Å². The number of amides is 2. The number of anilines is 1. The molecule has 0 radical (unpaired) electrons. The molecule has 0 saturated heterocycles. The molecule has 10 heteroatoms. The van der Waals surface area contributed by atoms with Crippen LogP contribution < -0.4 is 15.0 Å². The highest BCUT2D eigenvalue weighted by atomic mass is 16.5. The molecule has 0 atom stereocenters. The lowest BCUT2D eigenvalue weighted by Gasteiger charge is -2.35. The number of rotatable bonds is 12. The summed E-state index contributed by atoms with van der Waals surface area (Å²) in [5.74, 6) is 3.33. The highest BCUT2D eigenvalue weighted by Gasteiger charge is 2.34. The van der Waals surface area contributed by atoms with Crippen LogP contribution in [-0.4, -0.2) is 53.7 Å². The van der Waals surface area contributed by atoms with Gasteiger partial charge in [0.1, 0.15) is 29.6 Å². The maximum Gasteiger partial charge on any atom is 0.231 e. The Balaban J connectivity index is 1.16. The Morgan fingerprint density at radius 3 is 2.47 bits per heavy atom. The van der Waals surface area contributed by atoms with Crippen LogP contribution in [0.2, 0.25) is 0 Å². The average molecular weight is 640 g/mol. The summed E-state index contributed by atoms with van der Waals surface area (Å²) in [4.78, 5) is 37.9. The number of carbonyl (C=O) groups excluding carboxylic acids is 2. The number of hydrogen-bond acceptors (Lipinski definition) is 8. The first kappa shape index (κ1) is 32.7. The van der Waals surface area contributed by atoms with Crippen molar-refractivity contribution in [3.8, 4) is 23.1 Å². The average Bonchev–Trinajstić information content (AvgIpc) is 3.85. The van der Waals surface area contributed by atoms with Crippen LogP contribution in [0.25, 0.3) is 11.3 Å². The number of nitriles is 1. The van der Waals surface area contributed by atoms with E-state index in [2.05, 4.69) is 17.5 Å². The fraction of sp³-hybridized carbons (Fsp3) is 0.541. The fourth-order valence-corrected chi connectivity index (χ4v) is 7.33. The minimum atomic E-state index is -0.120. The van der Waals surface area contributed by atoms with E-state index in [1.807, 2.05) is 29.2 Å². The smallest absolute Gasteiger partial charge is 0.231 e. The second-order valence-corrected chi connectivity index (χ2v) is 13.5. The molecule has 1 aromatic carbocycles. The van der Waals surface area contributed by atoms with Gasteiger partial charge < -0.3 is 19.6 Å². The molecule has 2 amide bonds. The van der Waals surface area contributed by atoms with Gasteiger partial charge in [-0.1, -0.05) is 6.07 Å². The van der Waals surface area contributed by atoms with E-state index >= 15 is 0 Å². The lowest BCUT2D eigenvalue weighted by Crippen LogP contribution is -2.42. The van der Waals surface area contributed by atoms with Crippen molar-refractivity contribution in [1.82, 2.24) is 15.3 Å². The standard InChI is InChI=1S/C37H45N5O5/c1-46-33-13-12-29(19-31(33)21-38)26-6-4-25(5-7-26)22-42(37(45)28-8-2-24(3-9-28)18-35(44)40-16-17-43)34-20-30(14-15-39-34)32-23-47-36(41-32)27-10-11-27/h12-15,19-20,23-28,43H,2-11,16-18,22H2,1H3,(H,40,44). The largest absolute Gasteiger partial charge is 0.495 e. The van der Waals surface area contributed by atoms with Crippen LogP contribution >= 0.6 is 0 Å². The van der Waals surface area contributed by atoms with Gasteiger partial charge in [-0.05, 0) is 112 Å². The van der Waals surface area contributed by atoms with Crippen LogP contribution in [0.15, 0.2) is 47.2 Å². The number of aromatic nitrogens is 2. The highest BCUT2D eigenvalue weighted by Crippen LogP contribution is 2.41. The predicted molar refractivity (Wildman–Crippen MR) is 177 cm³/mol. The third-order valence-electron chi connectivity index (χ3n) is 10.2. The number of ether oxygens (including phenoxy) is 1. The van der Waals surface area contributed by atoms with Crippen molar-refractivity contribution in [2.75, 3.05) is 31.7 Å². The van der Waals surface area contributed by atoms with Gasteiger partial charge in [-0.15, -0.1) is 0 Å². The fourth-order valence-electron chi connectivity index (χ4n) is 7.33. The van der Waals surface area contributed by atoms with Crippen molar-refractivity contribution in [2.45, 2.75) is 82.5 Å². The van der Waals surface area contributed by atoms with Gasteiger partial charge in [-0.25, -0.2) is 9.97 Å². The highest BCUT2D eigenvalue weighted by molar-refractivity contribution is 5.94. The van der Waals surface area contributed by atoms with E-state index in [-0.39, 0.29) is 36.8 Å². The zero-order valence-electron chi connectivity index (χ0n) is 27.2. The molecule has 3 aliphatic carbocycles.